The third kappa shape index (κ3) is 9.34. The first kappa shape index (κ1) is 27.1. The van der Waals surface area contributed by atoms with Gasteiger partial charge in [0, 0.05) is 12.3 Å². The summed E-state index contributed by atoms with van der Waals surface area (Å²) in [7, 11) is -1.64. The van der Waals surface area contributed by atoms with Gasteiger partial charge in [0.05, 0.1) is 13.2 Å². The van der Waals surface area contributed by atoms with E-state index in [1.165, 1.54) is 0 Å². The van der Waals surface area contributed by atoms with Crippen LogP contribution in [0.3, 0.4) is 0 Å². The molecule has 0 bridgehead atoms. The highest BCUT2D eigenvalue weighted by atomic mass is 28.4. The zero-order valence-electron chi connectivity index (χ0n) is 21.5. The van der Waals surface area contributed by atoms with Crippen LogP contribution in [-0.4, -0.2) is 27.6 Å². The van der Waals surface area contributed by atoms with Crippen molar-refractivity contribution < 1.29 is 14.0 Å². The van der Waals surface area contributed by atoms with Crippen LogP contribution in [0, 0.1) is 5.92 Å². The Morgan fingerprint density at radius 2 is 1.55 bits per heavy atom. The van der Waals surface area contributed by atoms with Gasteiger partial charge in [-0.3, -0.25) is 4.90 Å². The van der Waals surface area contributed by atoms with Gasteiger partial charge in [-0.25, -0.2) is 4.79 Å². The smallest absolute Gasteiger partial charge is 0.414 e. The Balaban J connectivity index is 1.74. The summed E-state index contributed by atoms with van der Waals surface area (Å²) >= 11 is 0. The molecular formula is C28H43NO3Si. The molecule has 0 heterocycles. The highest BCUT2D eigenvalue weighted by Crippen LogP contribution is 2.36. The number of hydrogen-bond acceptors (Lipinski definition) is 3. The third-order valence-corrected chi connectivity index (χ3v) is 11.1. The SMILES string of the molecule is C[C@@H](CCCCCO[Si](C)(C)C(C)(C)C)COC(=O)N(Cc1ccccc1)c1ccccc1. The molecule has 0 fully saturated rings. The minimum atomic E-state index is -1.64. The maximum atomic E-state index is 12.9. The quantitative estimate of drug-likeness (QED) is 0.233. The first-order chi connectivity index (χ1) is 15.6. The van der Waals surface area contributed by atoms with Crippen LogP contribution in [-0.2, 0) is 15.7 Å². The van der Waals surface area contributed by atoms with Crippen LogP contribution >= 0.6 is 0 Å². The van der Waals surface area contributed by atoms with Gasteiger partial charge in [0.1, 0.15) is 0 Å². The molecule has 0 aliphatic rings. The molecule has 0 radical (unpaired) electrons. The zero-order chi connectivity index (χ0) is 24.3. The van der Waals surface area contributed by atoms with Gasteiger partial charge in [0.15, 0.2) is 8.32 Å². The highest BCUT2D eigenvalue weighted by molar-refractivity contribution is 6.74. The summed E-state index contributed by atoms with van der Waals surface area (Å²) in [5.41, 5.74) is 1.92. The number of carbonyl (C=O) groups is 1. The van der Waals surface area contributed by atoms with Crippen molar-refractivity contribution in [3.63, 3.8) is 0 Å². The fraction of sp³-hybridized carbons (Fsp3) is 0.536. The summed E-state index contributed by atoms with van der Waals surface area (Å²) in [5, 5.41) is 0.263. The summed E-state index contributed by atoms with van der Waals surface area (Å²) in [5.74, 6) is 0.338. The molecule has 2 aromatic rings. The lowest BCUT2D eigenvalue weighted by Crippen LogP contribution is -2.40. The molecule has 2 aromatic carbocycles. The normalized spacial score (nSPS) is 12.9. The minimum Gasteiger partial charge on any atom is -0.449 e. The van der Waals surface area contributed by atoms with Gasteiger partial charge in [0.25, 0.3) is 0 Å². The highest BCUT2D eigenvalue weighted by Gasteiger charge is 2.36. The number of unbranched alkanes of at least 4 members (excludes halogenated alkanes) is 2. The Hall–Kier alpha value is -2.11. The summed E-state index contributed by atoms with van der Waals surface area (Å²) in [6.07, 6.45) is 4.14. The zero-order valence-corrected chi connectivity index (χ0v) is 22.5. The Morgan fingerprint density at radius 1 is 0.939 bits per heavy atom. The van der Waals surface area contributed by atoms with E-state index >= 15 is 0 Å². The largest absolute Gasteiger partial charge is 0.449 e. The number of amides is 1. The number of ether oxygens (including phenoxy) is 1. The molecule has 0 aromatic heterocycles. The molecule has 1 atom stereocenters. The van der Waals surface area contributed by atoms with Crippen molar-refractivity contribution >= 4 is 20.1 Å². The maximum absolute atomic E-state index is 12.9. The van der Waals surface area contributed by atoms with Crippen LogP contribution in [0.4, 0.5) is 10.5 Å². The summed E-state index contributed by atoms with van der Waals surface area (Å²) < 4.78 is 12.0. The Kier molecular flexibility index (Phi) is 10.6. The fourth-order valence-corrected chi connectivity index (χ4v) is 4.41. The van der Waals surface area contributed by atoms with Crippen molar-refractivity contribution in [1.29, 1.82) is 0 Å². The van der Waals surface area contributed by atoms with Crippen LogP contribution in [0.1, 0.15) is 58.9 Å². The van der Waals surface area contributed by atoms with Crippen LogP contribution in [0.2, 0.25) is 18.1 Å². The second kappa shape index (κ2) is 12.9. The van der Waals surface area contributed by atoms with E-state index in [-0.39, 0.29) is 11.1 Å². The Bertz CT molecular complexity index is 818. The fourth-order valence-electron chi connectivity index (χ4n) is 3.33. The maximum Gasteiger partial charge on any atom is 0.414 e. The number of para-hydroxylation sites is 1. The van der Waals surface area contributed by atoms with Crippen LogP contribution in [0.5, 0.6) is 0 Å². The molecule has 4 nitrogen and oxygen atoms in total. The lowest BCUT2D eigenvalue weighted by Gasteiger charge is -2.36. The van der Waals surface area contributed by atoms with Crippen molar-refractivity contribution in [2.75, 3.05) is 18.1 Å². The van der Waals surface area contributed by atoms with Crippen molar-refractivity contribution in [2.45, 2.75) is 78.1 Å². The molecule has 0 saturated heterocycles. The van der Waals surface area contributed by atoms with Gasteiger partial charge in [-0.2, -0.15) is 0 Å². The summed E-state index contributed by atoms with van der Waals surface area (Å²) in [6, 6.07) is 19.7. The van der Waals surface area contributed by atoms with E-state index in [0.29, 0.717) is 19.1 Å². The molecule has 0 N–H and O–H groups in total. The molecule has 0 spiro atoms. The van der Waals surface area contributed by atoms with Gasteiger partial charge >= 0.3 is 6.09 Å². The van der Waals surface area contributed by atoms with Crippen LogP contribution in [0.25, 0.3) is 0 Å². The molecule has 5 heteroatoms. The van der Waals surface area contributed by atoms with Gasteiger partial charge in [-0.1, -0.05) is 89.1 Å². The average molecular weight is 470 g/mol. The molecular weight excluding hydrogens is 426 g/mol. The van der Waals surface area contributed by atoms with E-state index < -0.39 is 8.32 Å². The lowest BCUT2D eigenvalue weighted by atomic mass is 10.0. The molecule has 0 saturated carbocycles. The van der Waals surface area contributed by atoms with E-state index in [1.54, 1.807) is 4.90 Å². The number of benzene rings is 2. The average Bonchev–Trinajstić information content (AvgIpc) is 2.78. The number of carbonyl (C=O) groups excluding carboxylic acids is 1. The third-order valence-electron chi connectivity index (χ3n) is 6.57. The Labute approximate surface area is 202 Å². The topological polar surface area (TPSA) is 38.8 Å². The summed E-state index contributed by atoms with van der Waals surface area (Å²) in [6.45, 7) is 15.4. The number of nitrogens with zero attached hydrogens (tertiary/aromatic N) is 1. The van der Waals surface area contributed by atoms with E-state index in [1.807, 2.05) is 60.7 Å². The van der Waals surface area contributed by atoms with Crippen LogP contribution < -0.4 is 4.90 Å². The Morgan fingerprint density at radius 3 is 2.15 bits per heavy atom. The predicted octanol–water partition coefficient (Wildman–Crippen LogP) is 8.05. The van der Waals surface area contributed by atoms with E-state index in [4.69, 9.17) is 9.16 Å². The monoisotopic (exact) mass is 469 g/mol. The molecule has 33 heavy (non-hydrogen) atoms. The van der Waals surface area contributed by atoms with Crippen molar-refractivity contribution in [2.24, 2.45) is 5.92 Å². The van der Waals surface area contributed by atoms with Gasteiger partial charge in [-0.05, 0) is 54.6 Å². The number of anilines is 1. The minimum absolute atomic E-state index is 0.263. The van der Waals surface area contributed by atoms with E-state index in [0.717, 1.165) is 43.5 Å². The molecule has 0 aliphatic carbocycles. The molecule has 2 rings (SSSR count). The van der Waals surface area contributed by atoms with Crippen molar-refractivity contribution in [3.05, 3.63) is 66.2 Å². The predicted molar refractivity (Wildman–Crippen MR) is 141 cm³/mol. The summed E-state index contributed by atoms with van der Waals surface area (Å²) in [4.78, 5) is 14.6. The van der Waals surface area contributed by atoms with E-state index in [2.05, 4.69) is 40.8 Å². The first-order valence-corrected chi connectivity index (χ1v) is 15.2. The standard InChI is InChI=1S/C28H43NO3Si/c1-24(16-10-9-15-21-32-33(5,6)28(2,3)4)23-31-27(30)29(26-19-13-8-14-20-26)22-25-17-11-7-12-18-25/h7-8,11-14,17-20,24H,9-10,15-16,21-23H2,1-6H3/t24-/m0/s1. The molecule has 182 valence electrons. The van der Waals surface area contributed by atoms with Crippen molar-refractivity contribution in [1.82, 2.24) is 0 Å². The first-order valence-electron chi connectivity index (χ1n) is 12.3. The molecule has 0 unspecified atom stereocenters. The van der Waals surface area contributed by atoms with Gasteiger partial charge in [-0.15, -0.1) is 0 Å². The second-order valence-corrected chi connectivity index (χ2v) is 15.4. The number of rotatable bonds is 12. The lowest BCUT2D eigenvalue weighted by molar-refractivity contribution is 0.133. The molecule has 0 aliphatic heterocycles. The van der Waals surface area contributed by atoms with Crippen molar-refractivity contribution in [3.8, 4) is 0 Å². The number of hydrogen-bond donors (Lipinski definition) is 0. The van der Waals surface area contributed by atoms with Gasteiger partial charge in [0.2, 0.25) is 0 Å². The van der Waals surface area contributed by atoms with Crippen LogP contribution in [0.15, 0.2) is 60.7 Å². The van der Waals surface area contributed by atoms with Gasteiger partial charge < -0.3 is 9.16 Å². The van der Waals surface area contributed by atoms with E-state index in [9.17, 15) is 4.79 Å². The second-order valence-electron chi connectivity index (χ2n) is 10.5. The molecule has 1 amide bonds.